The summed E-state index contributed by atoms with van der Waals surface area (Å²) in [6.07, 6.45) is 1.62. The Bertz CT molecular complexity index is 1650. The van der Waals surface area contributed by atoms with E-state index in [-0.39, 0.29) is 23.6 Å². The van der Waals surface area contributed by atoms with E-state index < -0.39 is 11.9 Å². The van der Waals surface area contributed by atoms with Crippen LogP contribution in [-0.4, -0.2) is 45.2 Å². The van der Waals surface area contributed by atoms with Crippen molar-refractivity contribution in [3.05, 3.63) is 112 Å². The van der Waals surface area contributed by atoms with Crippen LogP contribution < -0.4 is 4.74 Å². The van der Waals surface area contributed by atoms with Gasteiger partial charge in [0.05, 0.1) is 35.4 Å². The zero-order valence-corrected chi connectivity index (χ0v) is 21.9. The number of carboxylic acids is 2. The molecule has 5 rings (SSSR count). The Hall–Kier alpha value is -5.09. The molecule has 0 atom stereocenters. The number of ether oxygens (including phenoxy) is 1. The van der Waals surface area contributed by atoms with E-state index in [0.29, 0.717) is 38.6 Å². The largest absolute Gasteiger partial charge is 0.497 e. The third-order valence-electron chi connectivity index (χ3n) is 6.02. The maximum absolute atomic E-state index is 13.5. The molecule has 1 aliphatic heterocycles. The number of benzene rings is 3. The summed E-state index contributed by atoms with van der Waals surface area (Å²) in [5.74, 6) is -0.789. The van der Waals surface area contributed by atoms with Crippen molar-refractivity contribution in [1.82, 2.24) is 4.90 Å². The molecule has 1 aromatic heterocycles. The highest BCUT2D eigenvalue weighted by Crippen LogP contribution is 2.36. The number of furan rings is 1. The predicted octanol–water partition coefficient (Wildman–Crippen LogP) is 6.16. The Morgan fingerprint density at radius 2 is 1.68 bits per heavy atom. The van der Waals surface area contributed by atoms with Gasteiger partial charge in [-0.25, -0.2) is 14.6 Å². The minimum absolute atomic E-state index is 0.141. The lowest BCUT2D eigenvalue weighted by atomic mass is 10.1. The molecule has 0 saturated carbocycles. The number of carbonyl (C=O) groups is 3. The second kappa shape index (κ2) is 11.3. The molecule has 9 nitrogen and oxygen atoms in total. The fourth-order valence-corrected chi connectivity index (χ4v) is 4.93. The molecule has 0 unspecified atom stereocenters. The smallest absolute Gasteiger partial charge is 0.335 e. The van der Waals surface area contributed by atoms with Crippen LogP contribution in [0.15, 0.2) is 99.2 Å². The topological polar surface area (TPSA) is 130 Å². The number of carboxylic acid groups (broad SMARTS) is 2. The normalized spacial score (nSPS) is 15.1. The third-order valence-corrected chi connectivity index (χ3v) is 7.03. The number of hydrogen-bond donors (Lipinski definition) is 2. The second-order valence-corrected chi connectivity index (χ2v) is 9.69. The number of amides is 1. The van der Waals surface area contributed by atoms with Crippen LogP contribution in [0, 0.1) is 0 Å². The Balaban J connectivity index is 1.45. The van der Waals surface area contributed by atoms with Crippen molar-refractivity contribution < 1.29 is 33.8 Å². The first-order valence-corrected chi connectivity index (χ1v) is 12.8. The molecule has 4 aromatic rings. The summed E-state index contributed by atoms with van der Waals surface area (Å²) in [5, 5.41) is 18.9. The Labute approximate surface area is 233 Å². The van der Waals surface area contributed by atoms with Crippen LogP contribution in [0.4, 0.5) is 5.69 Å². The van der Waals surface area contributed by atoms with Gasteiger partial charge in [0.2, 0.25) is 0 Å². The zero-order chi connectivity index (χ0) is 28.2. The fourth-order valence-electron chi connectivity index (χ4n) is 3.95. The van der Waals surface area contributed by atoms with Crippen molar-refractivity contribution in [2.24, 2.45) is 4.99 Å². The molecule has 2 N–H and O–H groups in total. The Morgan fingerprint density at radius 1 is 0.950 bits per heavy atom. The molecule has 1 amide bonds. The van der Waals surface area contributed by atoms with Crippen LogP contribution in [0.5, 0.6) is 5.75 Å². The molecule has 40 heavy (non-hydrogen) atoms. The molecule has 2 heterocycles. The number of hydrogen-bond acceptors (Lipinski definition) is 7. The summed E-state index contributed by atoms with van der Waals surface area (Å²) in [6.45, 7) is 0.184. The van der Waals surface area contributed by atoms with Crippen LogP contribution in [0.2, 0.25) is 0 Å². The van der Waals surface area contributed by atoms with E-state index in [4.69, 9.17) is 9.15 Å². The standard InChI is InChI=1S/C30H22N2O7S/c1-38-23-11-9-22(10-12-23)31-30-32(17-18-5-7-19(8-6-18)28(34)35)27(33)26(40-30)16-24-13-14-25(39-24)20-3-2-4-21(15-20)29(36)37/h2-16H,17H2,1H3,(H,34,35)(H,36,37)/b26-16+,31-30?. The average molecular weight is 555 g/mol. The van der Waals surface area contributed by atoms with Gasteiger partial charge in [-0.15, -0.1) is 0 Å². The minimum Gasteiger partial charge on any atom is -0.497 e. The van der Waals surface area contributed by atoms with Crippen molar-refractivity contribution >= 4 is 46.5 Å². The molecule has 0 spiro atoms. The van der Waals surface area contributed by atoms with E-state index in [1.165, 1.54) is 40.9 Å². The number of amidine groups is 1. The minimum atomic E-state index is -1.04. The zero-order valence-electron chi connectivity index (χ0n) is 21.1. The lowest BCUT2D eigenvalue weighted by molar-refractivity contribution is -0.122. The highest BCUT2D eigenvalue weighted by Gasteiger charge is 2.34. The summed E-state index contributed by atoms with van der Waals surface area (Å²) in [5.41, 5.74) is 2.26. The predicted molar refractivity (Wildman–Crippen MR) is 151 cm³/mol. The molecule has 0 radical (unpaired) electrons. The molecule has 3 aromatic carbocycles. The number of methoxy groups -OCH3 is 1. The van der Waals surface area contributed by atoms with E-state index in [1.54, 1.807) is 73.8 Å². The Morgan fingerprint density at radius 3 is 2.35 bits per heavy atom. The van der Waals surface area contributed by atoms with Crippen LogP contribution in [0.25, 0.3) is 17.4 Å². The molecule has 0 bridgehead atoms. The molecule has 0 aliphatic carbocycles. The molecule has 1 aliphatic rings. The van der Waals surface area contributed by atoms with Crippen LogP contribution in [0.1, 0.15) is 32.0 Å². The van der Waals surface area contributed by atoms with E-state index in [0.717, 1.165) is 5.56 Å². The maximum atomic E-state index is 13.5. The lowest BCUT2D eigenvalue weighted by Crippen LogP contribution is -2.28. The fraction of sp³-hybridized carbons (Fsp3) is 0.0667. The maximum Gasteiger partial charge on any atom is 0.335 e. The SMILES string of the molecule is COc1ccc(N=C2S/C(=C/c3ccc(-c4cccc(C(=O)O)c4)o3)C(=O)N2Cc2ccc(C(=O)O)cc2)cc1. The van der Waals surface area contributed by atoms with Crippen LogP contribution >= 0.6 is 11.8 Å². The highest BCUT2D eigenvalue weighted by molar-refractivity contribution is 8.18. The number of aromatic carboxylic acids is 2. The first-order chi connectivity index (χ1) is 19.3. The van der Waals surface area contributed by atoms with E-state index in [1.807, 2.05) is 0 Å². The van der Waals surface area contributed by atoms with Gasteiger partial charge in [-0.1, -0.05) is 24.3 Å². The van der Waals surface area contributed by atoms with Gasteiger partial charge in [-0.2, -0.15) is 0 Å². The van der Waals surface area contributed by atoms with Crippen molar-refractivity contribution in [2.45, 2.75) is 6.54 Å². The van der Waals surface area contributed by atoms with Crippen molar-refractivity contribution in [1.29, 1.82) is 0 Å². The molecular formula is C30H22N2O7S. The van der Waals surface area contributed by atoms with Crippen LogP contribution in [-0.2, 0) is 11.3 Å². The summed E-state index contributed by atoms with van der Waals surface area (Å²) >= 11 is 1.19. The van der Waals surface area contributed by atoms with Gasteiger partial charge >= 0.3 is 11.9 Å². The summed E-state index contributed by atoms with van der Waals surface area (Å²) in [4.78, 5) is 42.7. The van der Waals surface area contributed by atoms with Crippen molar-refractivity contribution in [3.8, 4) is 17.1 Å². The molecule has 1 fully saturated rings. The van der Waals surface area contributed by atoms with Crippen molar-refractivity contribution in [2.75, 3.05) is 7.11 Å². The molecular weight excluding hydrogens is 532 g/mol. The average Bonchev–Trinajstić information content (AvgIpc) is 3.54. The monoisotopic (exact) mass is 554 g/mol. The van der Waals surface area contributed by atoms with Gasteiger partial charge < -0.3 is 19.4 Å². The first-order valence-electron chi connectivity index (χ1n) is 12.0. The third kappa shape index (κ3) is 5.82. The summed E-state index contributed by atoms with van der Waals surface area (Å²) in [6, 6.07) is 23.2. The van der Waals surface area contributed by atoms with E-state index in [2.05, 4.69) is 4.99 Å². The van der Waals surface area contributed by atoms with Gasteiger partial charge in [-0.3, -0.25) is 9.69 Å². The Kier molecular flexibility index (Phi) is 7.52. The summed E-state index contributed by atoms with van der Waals surface area (Å²) < 4.78 is 11.1. The molecule has 1 saturated heterocycles. The second-order valence-electron chi connectivity index (χ2n) is 8.68. The van der Waals surface area contributed by atoms with Gasteiger partial charge in [-0.05, 0) is 78.0 Å². The van der Waals surface area contributed by atoms with E-state index in [9.17, 15) is 24.6 Å². The van der Waals surface area contributed by atoms with Gasteiger partial charge in [0, 0.05) is 11.6 Å². The number of aliphatic imine (C=N–C) groups is 1. The lowest BCUT2D eigenvalue weighted by Gasteiger charge is -2.16. The highest BCUT2D eigenvalue weighted by atomic mass is 32.2. The first kappa shape index (κ1) is 26.5. The van der Waals surface area contributed by atoms with E-state index >= 15 is 0 Å². The van der Waals surface area contributed by atoms with Crippen LogP contribution in [0.3, 0.4) is 0 Å². The van der Waals surface area contributed by atoms with Crippen molar-refractivity contribution in [3.63, 3.8) is 0 Å². The van der Waals surface area contributed by atoms with Gasteiger partial charge in [0.25, 0.3) is 5.91 Å². The number of carbonyl (C=O) groups excluding carboxylic acids is 1. The van der Waals surface area contributed by atoms with Gasteiger partial charge in [0.1, 0.15) is 17.3 Å². The summed E-state index contributed by atoms with van der Waals surface area (Å²) in [7, 11) is 1.57. The van der Waals surface area contributed by atoms with Gasteiger partial charge in [0.15, 0.2) is 5.17 Å². The number of rotatable bonds is 8. The molecule has 10 heteroatoms. The number of thioether (sulfide) groups is 1. The number of nitrogens with zero attached hydrogens (tertiary/aromatic N) is 2. The quantitative estimate of drug-likeness (QED) is 0.248. The molecule has 200 valence electrons.